The molecule has 0 aromatic heterocycles. The first-order valence-corrected chi connectivity index (χ1v) is 12.9. The minimum Gasteiger partial charge on any atom is -0.370 e. The summed E-state index contributed by atoms with van der Waals surface area (Å²) in [7, 11) is 0. The molecular formula is C30H32N2O. The summed E-state index contributed by atoms with van der Waals surface area (Å²) >= 11 is 0. The number of carbonyl (C=O) groups is 1. The molecule has 2 saturated carbocycles. The third kappa shape index (κ3) is 3.19. The standard InChI is InChI=1S/C30H32N2O/c33-29(14-20-8-3-7-19-6-1-2-11-24(19)20)31-23-15-27-25-12-4-9-21(25)17-32-18-22-10-5-13-26(22)28(16-23)30(27)32/h1-3,6-8,11,15-16,21-22,25-26H,4-5,9-10,12-14,17-18H2,(H,31,33). The number of nitrogens with one attached hydrogen (secondary N) is 1. The number of carbonyl (C=O) groups excluding carboxylic acids is 1. The van der Waals surface area contributed by atoms with Crippen LogP contribution in [0.15, 0.2) is 54.6 Å². The van der Waals surface area contributed by atoms with E-state index in [2.05, 4.69) is 64.8 Å². The van der Waals surface area contributed by atoms with Crippen molar-refractivity contribution in [1.82, 2.24) is 0 Å². The van der Waals surface area contributed by atoms with E-state index in [0.717, 1.165) is 23.1 Å². The maximum Gasteiger partial charge on any atom is 0.228 e. The number of nitrogens with zero attached hydrogens (tertiary/aromatic N) is 1. The lowest BCUT2D eigenvalue weighted by atomic mass is 9.75. The molecule has 4 unspecified atom stereocenters. The summed E-state index contributed by atoms with van der Waals surface area (Å²) in [5.41, 5.74) is 6.74. The second kappa shape index (κ2) is 7.62. The van der Waals surface area contributed by atoms with Gasteiger partial charge in [-0.15, -0.1) is 0 Å². The molecule has 3 aromatic carbocycles. The van der Waals surface area contributed by atoms with Gasteiger partial charge in [0.1, 0.15) is 0 Å². The van der Waals surface area contributed by atoms with Gasteiger partial charge in [0.05, 0.1) is 6.42 Å². The lowest BCUT2D eigenvalue weighted by Gasteiger charge is -2.46. The Bertz CT molecular complexity index is 1200. The minimum atomic E-state index is 0.0907. The van der Waals surface area contributed by atoms with Crippen LogP contribution in [0, 0.1) is 11.8 Å². The molecule has 168 valence electrons. The molecular weight excluding hydrogens is 404 g/mol. The quantitative estimate of drug-likeness (QED) is 0.500. The van der Waals surface area contributed by atoms with E-state index in [1.807, 2.05) is 0 Å². The van der Waals surface area contributed by atoms with Crippen LogP contribution in [0.2, 0.25) is 0 Å². The van der Waals surface area contributed by atoms with Crippen LogP contribution in [0.5, 0.6) is 0 Å². The number of rotatable bonds is 3. The van der Waals surface area contributed by atoms with Crippen molar-refractivity contribution in [3.63, 3.8) is 0 Å². The highest BCUT2D eigenvalue weighted by Gasteiger charge is 2.44. The fourth-order valence-corrected chi connectivity index (χ4v) is 7.66. The van der Waals surface area contributed by atoms with Gasteiger partial charge in [-0.25, -0.2) is 0 Å². The van der Waals surface area contributed by atoms with E-state index in [1.165, 1.54) is 73.5 Å². The summed E-state index contributed by atoms with van der Waals surface area (Å²) in [6.45, 7) is 2.50. The summed E-state index contributed by atoms with van der Waals surface area (Å²) < 4.78 is 0. The predicted octanol–water partition coefficient (Wildman–Crippen LogP) is 6.62. The van der Waals surface area contributed by atoms with E-state index in [-0.39, 0.29) is 5.91 Å². The zero-order chi connectivity index (χ0) is 21.9. The van der Waals surface area contributed by atoms with Crippen LogP contribution in [-0.2, 0) is 11.2 Å². The van der Waals surface area contributed by atoms with Gasteiger partial charge in [-0.1, -0.05) is 55.3 Å². The molecule has 2 heterocycles. The molecule has 3 nitrogen and oxygen atoms in total. The average Bonchev–Trinajstić information content (AvgIpc) is 3.49. The smallest absolute Gasteiger partial charge is 0.228 e. The number of hydrogen-bond acceptors (Lipinski definition) is 2. The number of amides is 1. The van der Waals surface area contributed by atoms with Crippen molar-refractivity contribution in [1.29, 1.82) is 0 Å². The van der Waals surface area contributed by atoms with Crippen molar-refractivity contribution in [2.45, 2.75) is 56.8 Å². The molecule has 0 saturated heterocycles. The third-order valence-corrected chi connectivity index (χ3v) is 9.03. The zero-order valence-corrected chi connectivity index (χ0v) is 19.2. The Kier molecular flexibility index (Phi) is 4.53. The molecule has 2 aliphatic carbocycles. The van der Waals surface area contributed by atoms with Gasteiger partial charge in [-0.2, -0.15) is 0 Å². The Balaban J connectivity index is 1.23. The van der Waals surface area contributed by atoms with E-state index in [9.17, 15) is 4.79 Å². The molecule has 3 aromatic rings. The Morgan fingerprint density at radius 2 is 1.52 bits per heavy atom. The Labute approximate surface area is 196 Å². The fourth-order valence-electron chi connectivity index (χ4n) is 7.66. The number of fused-ring (bicyclic) bond motifs is 5. The Morgan fingerprint density at radius 1 is 0.848 bits per heavy atom. The van der Waals surface area contributed by atoms with E-state index in [1.54, 1.807) is 5.69 Å². The van der Waals surface area contributed by atoms with Gasteiger partial charge in [0.15, 0.2) is 0 Å². The number of hydrogen-bond donors (Lipinski definition) is 1. The van der Waals surface area contributed by atoms with Crippen molar-refractivity contribution in [2.75, 3.05) is 23.3 Å². The predicted molar refractivity (Wildman–Crippen MR) is 135 cm³/mol. The van der Waals surface area contributed by atoms with Gasteiger partial charge in [-0.3, -0.25) is 4.79 Å². The van der Waals surface area contributed by atoms with E-state index >= 15 is 0 Å². The first kappa shape index (κ1) is 19.6. The zero-order valence-electron chi connectivity index (χ0n) is 19.2. The Morgan fingerprint density at radius 3 is 2.24 bits per heavy atom. The summed E-state index contributed by atoms with van der Waals surface area (Å²) in [6.07, 6.45) is 8.46. The first-order chi connectivity index (χ1) is 16.2. The van der Waals surface area contributed by atoms with Crippen LogP contribution >= 0.6 is 0 Å². The van der Waals surface area contributed by atoms with Crippen molar-refractivity contribution in [3.8, 4) is 0 Å². The Hall–Kier alpha value is -2.81. The molecule has 0 bridgehead atoms. The molecule has 4 atom stereocenters. The average molecular weight is 437 g/mol. The second-order valence-corrected chi connectivity index (χ2v) is 10.9. The molecule has 33 heavy (non-hydrogen) atoms. The van der Waals surface area contributed by atoms with Crippen molar-refractivity contribution in [2.24, 2.45) is 11.8 Å². The maximum absolute atomic E-state index is 13.2. The van der Waals surface area contributed by atoms with Gasteiger partial charge in [0.2, 0.25) is 5.91 Å². The van der Waals surface area contributed by atoms with E-state index in [4.69, 9.17) is 0 Å². The SMILES string of the molecule is O=C(Cc1cccc2ccccc12)Nc1cc2c3c(c1)C1CCCC1CN3CC1CCCC21. The highest BCUT2D eigenvalue weighted by atomic mass is 16.1. The summed E-state index contributed by atoms with van der Waals surface area (Å²) in [5.74, 6) is 3.05. The van der Waals surface area contributed by atoms with E-state index in [0.29, 0.717) is 18.3 Å². The van der Waals surface area contributed by atoms with E-state index < -0.39 is 0 Å². The summed E-state index contributed by atoms with van der Waals surface area (Å²) in [5, 5.41) is 5.69. The number of anilines is 2. The van der Waals surface area contributed by atoms with Gasteiger partial charge < -0.3 is 10.2 Å². The normalized spacial score (nSPS) is 27.2. The first-order valence-electron chi connectivity index (χ1n) is 12.9. The van der Waals surface area contributed by atoms with Crippen LogP contribution in [-0.4, -0.2) is 19.0 Å². The van der Waals surface area contributed by atoms with Crippen LogP contribution in [0.1, 0.15) is 67.1 Å². The molecule has 7 rings (SSSR count). The molecule has 2 aliphatic heterocycles. The van der Waals surface area contributed by atoms with Crippen molar-refractivity contribution < 1.29 is 4.79 Å². The monoisotopic (exact) mass is 436 g/mol. The lowest BCUT2D eigenvalue weighted by molar-refractivity contribution is -0.115. The maximum atomic E-state index is 13.2. The fraction of sp³-hybridized carbons (Fsp3) is 0.433. The van der Waals surface area contributed by atoms with Crippen LogP contribution in [0.4, 0.5) is 11.4 Å². The molecule has 1 N–H and O–H groups in total. The van der Waals surface area contributed by atoms with Crippen LogP contribution in [0.25, 0.3) is 10.8 Å². The lowest BCUT2D eigenvalue weighted by Crippen LogP contribution is -2.43. The molecule has 0 spiro atoms. The van der Waals surface area contributed by atoms with Gasteiger partial charge >= 0.3 is 0 Å². The molecule has 3 heteroatoms. The molecule has 4 aliphatic rings. The summed E-state index contributed by atoms with van der Waals surface area (Å²) in [6, 6.07) is 19.3. The largest absolute Gasteiger partial charge is 0.370 e. The van der Waals surface area contributed by atoms with Gasteiger partial charge in [0.25, 0.3) is 0 Å². The minimum absolute atomic E-state index is 0.0907. The van der Waals surface area contributed by atoms with Gasteiger partial charge in [0, 0.05) is 24.5 Å². The van der Waals surface area contributed by atoms with Crippen LogP contribution < -0.4 is 10.2 Å². The number of benzene rings is 3. The molecule has 2 fully saturated rings. The van der Waals surface area contributed by atoms with Crippen LogP contribution in [0.3, 0.4) is 0 Å². The van der Waals surface area contributed by atoms with Crippen molar-refractivity contribution in [3.05, 3.63) is 71.3 Å². The second-order valence-electron chi connectivity index (χ2n) is 10.9. The molecule has 1 amide bonds. The highest BCUT2D eigenvalue weighted by molar-refractivity contribution is 5.96. The highest BCUT2D eigenvalue weighted by Crippen LogP contribution is 2.56. The molecule has 0 radical (unpaired) electrons. The topological polar surface area (TPSA) is 32.3 Å². The third-order valence-electron chi connectivity index (χ3n) is 9.03. The van der Waals surface area contributed by atoms with Gasteiger partial charge in [-0.05, 0) is 89.0 Å². The van der Waals surface area contributed by atoms with Crippen molar-refractivity contribution >= 4 is 28.1 Å². The summed E-state index contributed by atoms with van der Waals surface area (Å²) in [4.78, 5) is 15.9.